The van der Waals surface area contributed by atoms with E-state index in [4.69, 9.17) is 13.9 Å². The number of hydrogen-bond donors (Lipinski definition) is 1. The Labute approximate surface area is 157 Å². The summed E-state index contributed by atoms with van der Waals surface area (Å²) in [7, 11) is 3.09. The van der Waals surface area contributed by atoms with Gasteiger partial charge in [-0.05, 0) is 30.3 Å². The number of carbonyl (C=O) groups is 1. The summed E-state index contributed by atoms with van der Waals surface area (Å²) >= 11 is 1.09. The van der Waals surface area contributed by atoms with Crippen molar-refractivity contribution in [1.29, 1.82) is 0 Å². The molecule has 4 rings (SSSR count). The summed E-state index contributed by atoms with van der Waals surface area (Å²) in [6.45, 7) is 0. The first-order chi connectivity index (χ1) is 13.2. The lowest BCUT2D eigenvalue weighted by Crippen LogP contribution is -2.12. The highest BCUT2D eigenvalue weighted by Crippen LogP contribution is 2.33. The molecule has 0 bridgehead atoms. The second kappa shape index (κ2) is 7.00. The summed E-state index contributed by atoms with van der Waals surface area (Å²) in [6.07, 6.45) is 0. The molecule has 2 heterocycles. The highest BCUT2D eigenvalue weighted by Gasteiger charge is 2.17. The summed E-state index contributed by atoms with van der Waals surface area (Å²) in [5.41, 5.74) is 2.39. The van der Waals surface area contributed by atoms with Crippen LogP contribution in [0.2, 0.25) is 0 Å². The predicted molar refractivity (Wildman–Crippen MR) is 98.2 cm³/mol. The Kier molecular flexibility index (Phi) is 4.38. The van der Waals surface area contributed by atoms with Gasteiger partial charge in [0.1, 0.15) is 22.5 Å². The van der Waals surface area contributed by atoms with Crippen molar-refractivity contribution in [3.63, 3.8) is 0 Å². The zero-order valence-electron chi connectivity index (χ0n) is 14.3. The Balaban J connectivity index is 1.56. The van der Waals surface area contributed by atoms with Gasteiger partial charge in [0, 0.05) is 11.6 Å². The molecule has 1 N–H and O–H groups in total. The number of rotatable bonds is 5. The van der Waals surface area contributed by atoms with Crippen molar-refractivity contribution in [3.05, 3.63) is 42.0 Å². The van der Waals surface area contributed by atoms with E-state index in [1.165, 1.54) is 7.11 Å². The lowest BCUT2D eigenvalue weighted by Gasteiger charge is -2.07. The van der Waals surface area contributed by atoms with Crippen LogP contribution in [0.4, 0.5) is 6.01 Å². The van der Waals surface area contributed by atoms with Crippen LogP contribution in [-0.4, -0.2) is 39.1 Å². The van der Waals surface area contributed by atoms with E-state index < -0.39 is 0 Å². The van der Waals surface area contributed by atoms with Crippen LogP contribution >= 0.6 is 11.7 Å². The van der Waals surface area contributed by atoms with E-state index >= 15 is 0 Å². The van der Waals surface area contributed by atoms with Gasteiger partial charge in [-0.25, -0.2) is 0 Å². The normalized spacial score (nSPS) is 10.7. The maximum Gasteiger partial charge on any atom is 0.322 e. The lowest BCUT2D eigenvalue weighted by atomic mass is 10.2. The smallest absolute Gasteiger partial charge is 0.322 e. The van der Waals surface area contributed by atoms with Crippen LogP contribution in [0, 0.1) is 0 Å². The summed E-state index contributed by atoms with van der Waals surface area (Å²) < 4.78 is 24.3. The molecule has 0 saturated carbocycles. The molecule has 1 amide bonds. The number of carbonyl (C=O) groups excluding carboxylic acids is 1. The maximum absolute atomic E-state index is 12.4. The molecule has 0 aliphatic carbocycles. The number of nitrogens with zero attached hydrogens (tertiary/aromatic N) is 4. The molecule has 0 atom stereocenters. The molecule has 136 valence electrons. The summed E-state index contributed by atoms with van der Waals surface area (Å²) in [6, 6.07) is 10.2. The molecule has 0 aliphatic heterocycles. The molecule has 0 radical (unpaired) electrons. The molecule has 2 aromatic carbocycles. The van der Waals surface area contributed by atoms with E-state index in [1.54, 1.807) is 43.5 Å². The van der Waals surface area contributed by atoms with E-state index in [2.05, 4.69) is 24.3 Å². The average Bonchev–Trinajstić information content (AvgIpc) is 3.36. The Hall–Kier alpha value is -3.53. The number of amides is 1. The van der Waals surface area contributed by atoms with E-state index in [1.807, 2.05) is 0 Å². The topological polar surface area (TPSA) is 112 Å². The highest BCUT2D eigenvalue weighted by molar-refractivity contribution is 7.00. The summed E-state index contributed by atoms with van der Waals surface area (Å²) in [4.78, 5) is 12.4. The fourth-order valence-electron chi connectivity index (χ4n) is 2.45. The van der Waals surface area contributed by atoms with Crippen molar-refractivity contribution >= 4 is 34.7 Å². The molecule has 0 unspecified atom stereocenters. The third-order valence-corrected chi connectivity index (χ3v) is 4.36. The third kappa shape index (κ3) is 3.29. The zero-order valence-corrected chi connectivity index (χ0v) is 15.1. The Bertz CT molecular complexity index is 1120. The molecule has 10 heteroatoms. The van der Waals surface area contributed by atoms with E-state index in [9.17, 15) is 4.79 Å². The monoisotopic (exact) mass is 383 g/mol. The number of benzene rings is 2. The SMILES string of the molecule is COc1ccc(-c2nnc(NC(=O)c3ccc4nsnc4c3)o2)c(OC)c1. The van der Waals surface area contributed by atoms with Gasteiger partial charge in [0.15, 0.2) is 0 Å². The fraction of sp³-hybridized carbons (Fsp3) is 0.118. The lowest BCUT2D eigenvalue weighted by molar-refractivity contribution is 0.102. The molecule has 0 spiro atoms. The van der Waals surface area contributed by atoms with E-state index in [-0.39, 0.29) is 17.8 Å². The zero-order chi connectivity index (χ0) is 18.8. The van der Waals surface area contributed by atoms with Crippen molar-refractivity contribution in [2.24, 2.45) is 0 Å². The number of aromatic nitrogens is 4. The minimum atomic E-state index is -0.387. The molecule has 0 aliphatic rings. The van der Waals surface area contributed by atoms with E-state index in [0.29, 0.717) is 28.1 Å². The van der Waals surface area contributed by atoms with Crippen molar-refractivity contribution in [1.82, 2.24) is 18.9 Å². The van der Waals surface area contributed by atoms with Crippen LogP contribution in [0.25, 0.3) is 22.5 Å². The molecule has 4 aromatic rings. The molecular formula is C17H13N5O4S. The first-order valence-corrected chi connectivity index (χ1v) is 8.50. The fourth-order valence-corrected chi connectivity index (χ4v) is 2.97. The van der Waals surface area contributed by atoms with Crippen LogP contribution in [0.15, 0.2) is 40.8 Å². The van der Waals surface area contributed by atoms with Crippen LogP contribution in [0.1, 0.15) is 10.4 Å². The van der Waals surface area contributed by atoms with Crippen molar-refractivity contribution in [3.8, 4) is 23.0 Å². The van der Waals surface area contributed by atoms with Crippen LogP contribution in [0.3, 0.4) is 0 Å². The van der Waals surface area contributed by atoms with Crippen LogP contribution in [-0.2, 0) is 0 Å². The summed E-state index contributed by atoms with van der Waals surface area (Å²) in [5, 5.41) is 10.4. The van der Waals surface area contributed by atoms with E-state index in [0.717, 1.165) is 17.2 Å². The number of fused-ring (bicyclic) bond motifs is 1. The molecule has 2 aromatic heterocycles. The summed E-state index contributed by atoms with van der Waals surface area (Å²) in [5.74, 6) is 0.971. The Morgan fingerprint density at radius 2 is 1.89 bits per heavy atom. The minimum Gasteiger partial charge on any atom is -0.497 e. The number of ether oxygens (including phenoxy) is 2. The minimum absolute atomic E-state index is 0.0237. The molecule has 27 heavy (non-hydrogen) atoms. The van der Waals surface area contributed by atoms with Gasteiger partial charge >= 0.3 is 6.01 Å². The number of hydrogen-bond acceptors (Lipinski definition) is 9. The Morgan fingerprint density at radius 3 is 2.70 bits per heavy atom. The molecular weight excluding hydrogens is 370 g/mol. The maximum atomic E-state index is 12.4. The standard InChI is InChI=1S/C17H13N5O4S/c1-24-10-4-5-11(14(8-10)25-2)16-19-20-17(26-16)18-15(23)9-3-6-12-13(7-9)22-27-21-12/h3-8H,1-2H3,(H,18,20,23). The number of nitrogens with one attached hydrogen (secondary N) is 1. The number of anilines is 1. The van der Waals surface area contributed by atoms with Gasteiger partial charge in [-0.3, -0.25) is 10.1 Å². The Morgan fingerprint density at radius 1 is 1.04 bits per heavy atom. The van der Waals surface area contributed by atoms with Crippen molar-refractivity contribution in [2.75, 3.05) is 19.5 Å². The van der Waals surface area contributed by atoms with Crippen LogP contribution in [0.5, 0.6) is 11.5 Å². The van der Waals surface area contributed by atoms with Crippen molar-refractivity contribution < 1.29 is 18.7 Å². The predicted octanol–water partition coefficient (Wildman–Crippen LogP) is 3.01. The van der Waals surface area contributed by atoms with Gasteiger partial charge in [0.05, 0.1) is 31.5 Å². The third-order valence-electron chi connectivity index (χ3n) is 3.80. The van der Waals surface area contributed by atoms with Gasteiger partial charge in [-0.15, -0.1) is 5.10 Å². The average molecular weight is 383 g/mol. The van der Waals surface area contributed by atoms with Crippen LogP contribution < -0.4 is 14.8 Å². The first-order valence-electron chi connectivity index (χ1n) is 7.77. The van der Waals surface area contributed by atoms with Crippen molar-refractivity contribution in [2.45, 2.75) is 0 Å². The molecule has 9 nitrogen and oxygen atoms in total. The van der Waals surface area contributed by atoms with Gasteiger partial charge in [0.25, 0.3) is 11.8 Å². The second-order valence-corrected chi connectivity index (χ2v) is 5.93. The molecule has 0 fully saturated rings. The largest absolute Gasteiger partial charge is 0.497 e. The second-order valence-electron chi connectivity index (χ2n) is 5.40. The number of methoxy groups -OCH3 is 2. The quantitative estimate of drug-likeness (QED) is 0.560. The van der Waals surface area contributed by atoms with Gasteiger partial charge in [-0.1, -0.05) is 5.10 Å². The van der Waals surface area contributed by atoms with Gasteiger partial charge < -0.3 is 13.9 Å². The first kappa shape index (κ1) is 16.9. The van der Waals surface area contributed by atoms with Gasteiger partial charge in [0.2, 0.25) is 0 Å². The van der Waals surface area contributed by atoms with Gasteiger partial charge in [-0.2, -0.15) is 8.75 Å². The highest BCUT2D eigenvalue weighted by atomic mass is 32.1. The molecule has 0 saturated heterocycles.